The van der Waals surface area contributed by atoms with Gasteiger partial charge in [-0.25, -0.2) is 4.98 Å². The van der Waals surface area contributed by atoms with Crippen LogP contribution in [0.3, 0.4) is 0 Å². The SMILES string of the molecule is CN(C)C(=O)[C@@H](N[C@H]1CCCN(c2nccn(C)c2=O)C1)c1ccccc1. The summed E-state index contributed by atoms with van der Waals surface area (Å²) < 4.78 is 1.54. The minimum atomic E-state index is -0.405. The summed E-state index contributed by atoms with van der Waals surface area (Å²) in [5.41, 5.74) is 0.851. The van der Waals surface area contributed by atoms with E-state index < -0.39 is 6.04 Å². The fraction of sp³-hybridized carbons (Fsp3) is 0.450. The molecule has 1 saturated heterocycles. The summed E-state index contributed by atoms with van der Waals surface area (Å²) in [5, 5.41) is 3.52. The fourth-order valence-electron chi connectivity index (χ4n) is 3.46. The van der Waals surface area contributed by atoms with Crippen LogP contribution < -0.4 is 15.8 Å². The van der Waals surface area contributed by atoms with E-state index in [-0.39, 0.29) is 17.5 Å². The second kappa shape index (κ2) is 8.35. The van der Waals surface area contributed by atoms with E-state index in [4.69, 9.17) is 0 Å². The zero-order chi connectivity index (χ0) is 19.4. The lowest BCUT2D eigenvalue weighted by Crippen LogP contribution is -2.51. The first kappa shape index (κ1) is 19.1. The highest BCUT2D eigenvalue weighted by Gasteiger charge is 2.29. The predicted octanol–water partition coefficient (Wildman–Crippen LogP) is 1.17. The number of aromatic nitrogens is 2. The van der Waals surface area contributed by atoms with Gasteiger partial charge in [-0.05, 0) is 18.4 Å². The number of hydrogen-bond acceptors (Lipinski definition) is 5. The lowest BCUT2D eigenvalue weighted by atomic mass is 10.0. The first-order valence-corrected chi connectivity index (χ1v) is 9.26. The molecule has 1 aliphatic rings. The van der Waals surface area contributed by atoms with E-state index in [0.29, 0.717) is 12.4 Å². The largest absolute Gasteiger partial charge is 0.350 e. The van der Waals surface area contributed by atoms with Gasteiger partial charge in [0, 0.05) is 52.7 Å². The zero-order valence-electron chi connectivity index (χ0n) is 16.1. The van der Waals surface area contributed by atoms with Crippen molar-refractivity contribution < 1.29 is 4.79 Å². The van der Waals surface area contributed by atoms with Crippen molar-refractivity contribution in [3.63, 3.8) is 0 Å². The molecule has 7 nitrogen and oxygen atoms in total. The molecule has 2 aromatic rings. The second-order valence-corrected chi connectivity index (χ2v) is 7.20. The molecule has 2 heterocycles. The summed E-state index contributed by atoms with van der Waals surface area (Å²) in [6, 6.07) is 9.45. The van der Waals surface area contributed by atoms with Gasteiger partial charge in [0.25, 0.3) is 5.56 Å². The van der Waals surface area contributed by atoms with E-state index in [2.05, 4.69) is 10.3 Å². The number of aryl methyl sites for hydroxylation is 1. The Balaban J connectivity index is 1.79. The van der Waals surface area contributed by atoms with Gasteiger partial charge in [-0.15, -0.1) is 0 Å². The van der Waals surface area contributed by atoms with Crippen LogP contribution in [0, 0.1) is 0 Å². The average Bonchev–Trinajstić information content (AvgIpc) is 2.68. The quantitative estimate of drug-likeness (QED) is 0.857. The maximum absolute atomic E-state index is 12.8. The molecule has 1 fully saturated rings. The highest BCUT2D eigenvalue weighted by Crippen LogP contribution is 2.20. The van der Waals surface area contributed by atoms with Crippen LogP contribution in [0.2, 0.25) is 0 Å². The number of piperidine rings is 1. The molecule has 1 aromatic carbocycles. The van der Waals surface area contributed by atoms with Crippen LogP contribution in [0.4, 0.5) is 5.82 Å². The molecule has 1 N–H and O–H groups in total. The van der Waals surface area contributed by atoms with Gasteiger partial charge < -0.3 is 14.4 Å². The first-order chi connectivity index (χ1) is 13.0. The van der Waals surface area contributed by atoms with E-state index in [1.54, 1.807) is 43.0 Å². The number of benzene rings is 1. The third-order valence-corrected chi connectivity index (χ3v) is 4.94. The van der Waals surface area contributed by atoms with Crippen LogP contribution in [-0.2, 0) is 11.8 Å². The van der Waals surface area contributed by atoms with Gasteiger partial charge in [0.1, 0.15) is 6.04 Å². The van der Waals surface area contributed by atoms with Crippen molar-refractivity contribution in [2.75, 3.05) is 32.1 Å². The normalized spacial score (nSPS) is 18.2. The van der Waals surface area contributed by atoms with E-state index in [0.717, 1.165) is 24.9 Å². The minimum Gasteiger partial charge on any atom is -0.350 e. The van der Waals surface area contributed by atoms with Crippen molar-refractivity contribution in [1.29, 1.82) is 0 Å². The molecule has 144 valence electrons. The van der Waals surface area contributed by atoms with E-state index in [9.17, 15) is 9.59 Å². The van der Waals surface area contributed by atoms with E-state index in [1.807, 2.05) is 35.2 Å². The number of likely N-dealkylation sites (N-methyl/N-ethyl adjacent to an activating group) is 1. The first-order valence-electron chi connectivity index (χ1n) is 9.26. The number of rotatable bonds is 5. The molecule has 7 heteroatoms. The molecule has 0 spiro atoms. The maximum Gasteiger partial charge on any atom is 0.293 e. The lowest BCUT2D eigenvalue weighted by molar-refractivity contribution is -0.131. The van der Waals surface area contributed by atoms with Crippen LogP contribution in [0.1, 0.15) is 24.4 Å². The number of amides is 1. The van der Waals surface area contributed by atoms with Crippen LogP contribution in [0.25, 0.3) is 0 Å². The Morgan fingerprint density at radius 2 is 2.04 bits per heavy atom. The van der Waals surface area contributed by atoms with Crippen LogP contribution >= 0.6 is 0 Å². The number of nitrogens with one attached hydrogen (secondary N) is 1. The smallest absolute Gasteiger partial charge is 0.293 e. The van der Waals surface area contributed by atoms with Gasteiger partial charge in [-0.3, -0.25) is 14.9 Å². The molecule has 27 heavy (non-hydrogen) atoms. The molecular formula is C20H27N5O2. The molecule has 1 amide bonds. The second-order valence-electron chi connectivity index (χ2n) is 7.20. The van der Waals surface area contributed by atoms with Gasteiger partial charge in [0.2, 0.25) is 5.91 Å². The van der Waals surface area contributed by atoms with Crippen molar-refractivity contribution in [3.05, 3.63) is 58.6 Å². The summed E-state index contributed by atoms with van der Waals surface area (Å²) >= 11 is 0. The Kier molecular flexibility index (Phi) is 5.91. The van der Waals surface area contributed by atoms with Crippen LogP contribution in [0.5, 0.6) is 0 Å². The minimum absolute atomic E-state index is 0.0204. The summed E-state index contributed by atoms with van der Waals surface area (Å²) in [6.07, 6.45) is 5.20. The Morgan fingerprint density at radius 3 is 2.74 bits per heavy atom. The third-order valence-electron chi connectivity index (χ3n) is 4.94. The average molecular weight is 369 g/mol. The number of anilines is 1. The monoisotopic (exact) mass is 369 g/mol. The summed E-state index contributed by atoms with van der Waals surface area (Å²) in [6.45, 7) is 1.44. The van der Waals surface area contributed by atoms with Crippen LogP contribution in [0.15, 0.2) is 47.5 Å². The summed E-state index contributed by atoms with van der Waals surface area (Å²) in [7, 11) is 5.27. The van der Waals surface area contributed by atoms with Gasteiger partial charge in [-0.2, -0.15) is 0 Å². The molecular weight excluding hydrogens is 342 g/mol. The maximum atomic E-state index is 12.8. The fourth-order valence-corrected chi connectivity index (χ4v) is 3.46. The van der Waals surface area contributed by atoms with Crippen molar-refractivity contribution in [2.45, 2.75) is 24.9 Å². The number of hydrogen-bond donors (Lipinski definition) is 1. The summed E-state index contributed by atoms with van der Waals surface area (Å²) in [5.74, 6) is 0.494. The molecule has 1 aromatic heterocycles. The van der Waals surface area contributed by atoms with Gasteiger partial charge in [0.15, 0.2) is 5.82 Å². The zero-order valence-corrected chi connectivity index (χ0v) is 16.1. The third kappa shape index (κ3) is 4.36. The van der Waals surface area contributed by atoms with Crippen molar-refractivity contribution >= 4 is 11.7 Å². The van der Waals surface area contributed by atoms with Crippen molar-refractivity contribution in [3.8, 4) is 0 Å². The number of nitrogens with zero attached hydrogens (tertiary/aromatic N) is 4. The van der Waals surface area contributed by atoms with Crippen molar-refractivity contribution in [2.24, 2.45) is 7.05 Å². The molecule has 0 aliphatic carbocycles. The Morgan fingerprint density at radius 1 is 1.30 bits per heavy atom. The Hall–Kier alpha value is -2.67. The highest BCUT2D eigenvalue weighted by molar-refractivity contribution is 5.82. The molecule has 0 saturated carbocycles. The Bertz CT molecular complexity index is 834. The molecule has 2 atom stereocenters. The highest BCUT2D eigenvalue weighted by atomic mass is 16.2. The van der Waals surface area contributed by atoms with Crippen LogP contribution in [-0.4, -0.2) is 53.6 Å². The topological polar surface area (TPSA) is 70.5 Å². The number of carbonyl (C=O) groups is 1. The van der Waals surface area contributed by atoms with Gasteiger partial charge in [-0.1, -0.05) is 30.3 Å². The van der Waals surface area contributed by atoms with Gasteiger partial charge in [0.05, 0.1) is 0 Å². The van der Waals surface area contributed by atoms with Crippen molar-refractivity contribution in [1.82, 2.24) is 19.8 Å². The lowest BCUT2D eigenvalue weighted by Gasteiger charge is -2.36. The Labute approximate surface area is 159 Å². The molecule has 0 bridgehead atoms. The molecule has 0 radical (unpaired) electrons. The molecule has 1 aliphatic heterocycles. The number of carbonyl (C=O) groups excluding carboxylic acids is 1. The standard InChI is InChI=1S/C20H27N5O2/c1-23(2)19(26)17(15-8-5-4-6-9-15)22-16-10-7-12-25(14-16)18-20(27)24(3)13-11-21-18/h4-6,8-9,11,13,16-17,22H,7,10,12,14H2,1-3H3/t16-,17-/m0/s1. The predicted molar refractivity (Wildman–Crippen MR) is 106 cm³/mol. The van der Waals surface area contributed by atoms with E-state index >= 15 is 0 Å². The molecule has 3 rings (SSSR count). The summed E-state index contributed by atoms with van der Waals surface area (Å²) in [4.78, 5) is 33.1. The van der Waals surface area contributed by atoms with Gasteiger partial charge >= 0.3 is 0 Å². The molecule has 0 unspecified atom stereocenters. The van der Waals surface area contributed by atoms with E-state index in [1.165, 1.54) is 0 Å².